The number of ether oxygens (including phenoxy) is 2. The van der Waals surface area contributed by atoms with Crippen molar-refractivity contribution >= 4 is 5.91 Å². The molecule has 0 aromatic rings. The van der Waals surface area contributed by atoms with E-state index in [4.69, 9.17) is 15.2 Å². The summed E-state index contributed by atoms with van der Waals surface area (Å²) in [6.07, 6.45) is 1.37. The van der Waals surface area contributed by atoms with Crippen molar-refractivity contribution in [1.82, 2.24) is 5.32 Å². The summed E-state index contributed by atoms with van der Waals surface area (Å²) in [6.45, 7) is 5.45. The van der Waals surface area contributed by atoms with E-state index in [1.165, 1.54) is 0 Å². The smallest absolute Gasteiger partial charge is 0.219 e. The lowest BCUT2D eigenvalue weighted by Gasteiger charge is -2.05. The maximum atomic E-state index is 10.8. The summed E-state index contributed by atoms with van der Waals surface area (Å²) in [4.78, 5) is 10.8. The molecule has 0 fully saturated rings. The SMILES string of the molecule is CCC(=O)NCCCOCCOCCN. The van der Waals surface area contributed by atoms with Crippen LogP contribution in [0.5, 0.6) is 0 Å². The molecule has 0 aliphatic rings. The van der Waals surface area contributed by atoms with Gasteiger partial charge in [-0.05, 0) is 6.42 Å². The lowest BCUT2D eigenvalue weighted by Crippen LogP contribution is -2.24. The lowest BCUT2D eigenvalue weighted by molar-refractivity contribution is -0.120. The van der Waals surface area contributed by atoms with E-state index in [0.29, 0.717) is 45.9 Å². The minimum atomic E-state index is 0.0845. The van der Waals surface area contributed by atoms with Gasteiger partial charge in [0.2, 0.25) is 5.91 Å². The Kier molecular flexibility index (Phi) is 10.9. The molecular weight excluding hydrogens is 196 g/mol. The molecule has 0 saturated carbocycles. The average molecular weight is 218 g/mol. The van der Waals surface area contributed by atoms with E-state index >= 15 is 0 Å². The molecule has 0 aromatic carbocycles. The Morgan fingerprint density at radius 3 is 2.47 bits per heavy atom. The van der Waals surface area contributed by atoms with Gasteiger partial charge in [-0.25, -0.2) is 0 Å². The van der Waals surface area contributed by atoms with Gasteiger partial charge < -0.3 is 20.5 Å². The maximum absolute atomic E-state index is 10.8. The van der Waals surface area contributed by atoms with Crippen molar-refractivity contribution in [3.05, 3.63) is 0 Å². The Labute approximate surface area is 91.3 Å². The van der Waals surface area contributed by atoms with E-state index in [-0.39, 0.29) is 5.91 Å². The second kappa shape index (κ2) is 11.4. The highest BCUT2D eigenvalue weighted by atomic mass is 16.5. The molecule has 0 aromatic heterocycles. The fraction of sp³-hybridized carbons (Fsp3) is 0.900. The number of rotatable bonds is 10. The van der Waals surface area contributed by atoms with Crippen LogP contribution in [0.2, 0.25) is 0 Å². The Morgan fingerprint density at radius 1 is 1.20 bits per heavy atom. The number of nitrogens with one attached hydrogen (secondary N) is 1. The van der Waals surface area contributed by atoms with E-state index in [1.54, 1.807) is 0 Å². The van der Waals surface area contributed by atoms with Gasteiger partial charge in [0.25, 0.3) is 0 Å². The first kappa shape index (κ1) is 14.3. The van der Waals surface area contributed by atoms with Crippen LogP contribution in [-0.2, 0) is 14.3 Å². The predicted molar refractivity (Wildman–Crippen MR) is 58.6 cm³/mol. The first-order valence-electron chi connectivity index (χ1n) is 5.43. The number of amides is 1. The van der Waals surface area contributed by atoms with Gasteiger partial charge in [0.05, 0.1) is 19.8 Å². The molecule has 1 amide bonds. The molecule has 0 saturated heterocycles. The number of hydrogen-bond acceptors (Lipinski definition) is 4. The van der Waals surface area contributed by atoms with Crippen LogP contribution in [0, 0.1) is 0 Å². The summed E-state index contributed by atoms with van der Waals surface area (Å²) in [5.41, 5.74) is 5.24. The van der Waals surface area contributed by atoms with Gasteiger partial charge in [-0.3, -0.25) is 4.79 Å². The van der Waals surface area contributed by atoms with Crippen molar-refractivity contribution in [2.45, 2.75) is 19.8 Å². The monoisotopic (exact) mass is 218 g/mol. The number of carbonyl (C=O) groups excluding carboxylic acids is 1. The molecule has 0 rings (SSSR count). The molecule has 5 heteroatoms. The van der Waals surface area contributed by atoms with Gasteiger partial charge in [0, 0.05) is 26.1 Å². The van der Waals surface area contributed by atoms with E-state index in [9.17, 15) is 4.79 Å². The van der Waals surface area contributed by atoms with Gasteiger partial charge in [-0.2, -0.15) is 0 Å². The fourth-order valence-corrected chi connectivity index (χ4v) is 0.932. The number of carbonyl (C=O) groups is 1. The molecule has 15 heavy (non-hydrogen) atoms. The topological polar surface area (TPSA) is 73.6 Å². The van der Waals surface area contributed by atoms with Crippen molar-refractivity contribution in [3.8, 4) is 0 Å². The minimum absolute atomic E-state index is 0.0845. The normalized spacial score (nSPS) is 10.3. The summed E-state index contributed by atoms with van der Waals surface area (Å²) < 4.78 is 10.4. The van der Waals surface area contributed by atoms with Crippen LogP contribution in [-0.4, -0.2) is 45.4 Å². The van der Waals surface area contributed by atoms with Crippen LogP contribution < -0.4 is 11.1 Å². The van der Waals surface area contributed by atoms with E-state index in [0.717, 1.165) is 6.42 Å². The van der Waals surface area contributed by atoms with E-state index < -0.39 is 0 Å². The average Bonchev–Trinajstić information content (AvgIpc) is 2.26. The van der Waals surface area contributed by atoms with Crippen molar-refractivity contribution in [3.63, 3.8) is 0 Å². The van der Waals surface area contributed by atoms with Gasteiger partial charge in [-0.15, -0.1) is 0 Å². The molecule has 90 valence electrons. The summed E-state index contributed by atoms with van der Waals surface area (Å²) in [5, 5.41) is 2.78. The van der Waals surface area contributed by atoms with E-state index in [2.05, 4.69) is 5.32 Å². The molecule has 3 N–H and O–H groups in total. The van der Waals surface area contributed by atoms with Crippen molar-refractivity contribution in [2.24, 2.45) is 5.73 Å². The summed E-state index contributed by atoms with van der Waals surface area (Å²) in [6, 6.07) is 0. The molecule has 0 aliphatic carbocycles. The Balaban J connectivity index is 2.95. The quantitative estimate of drug-likeness (QED) is 0.502. The molecule has 0 unspecified atom stereocenters. The zero-order valence-electron chi connectivity index (χ0n) is 9.46. The maximum Gasteiger partial charge on any atom is 0.219 e. The summed E-state index contributed by atoms with van der Waals surface area (Å²) >= 11 is 0. The Bertz CT molecular complexity index is 154. The molecule has 5 nitrogen and oxygen atoms in total. The molecular formula is C10H22N2O3. The van der Waals surface area contributed by atoms with Crippen molar-refractivity contribution < 1.29 is 14.3 Å². The van der Waals surface area contributed by atoms with Crippen LogP contribution in [0.1, 0.15) is 19.8 Å². The van der Waals surface area contributed by atoms with Crippen molar-refractivity contribution in [1.29, 1.82) is 0 Å². The second-order valence-corrected chi connectivity index (χ2v) is 3.07. The minimum Gasteiger partial charge on any atom is -0.379 e. The highest BCUT2D eigenvalue weighted by molar-refractivity contribution is 5.75. The lowest BCUT2D eigenvalue weighted by atomic mass is 10.4. The third-order valence-corrected chi connectivity index (χ3v) is 1.74. The first-order chi connectivity index (χ1) is 7.31. The van der Waals surface area contributed by atoms with Crippen LogP contribution >= 0.6 is 0 Å². The second-order valence-electron chi connectivity index (χ2n) is 3.07. The molecule has 0 spiro atoms. The first-order valence-corrected chi connectivity index (χ1v) is 5.43. The van der Waals surface area contributed by atoms with E-state index in [1.807, 2.05) is 6.92 Å². The summed E-state index contributed by atoms with van der Waals surface area (Å²) in [5.74, 6) is 0.0845. The molecule has 0 atom stereocenters. The van der Waals surface area contributed by atoms with Crippen LogP contribution in [0.15, 0.2) is 0 Å². The van der Waals surface area contributed by atoms with Gasteiger partial charge in [-0.1, -0.05) is 6.92 Å². The van der Waals surface area contributed by atoms with Crippen LogP contribution in [0.3, 0.4) is 0 Å². The molecule has 0 radical (unpaired) electrons. The standard InChI is InChI=1S/C10H22N2O3/c1-2-10(13)12-5-3-6-14-8-9-15-7-4-11/h2-9,11H2,1H3,(H,12,13). The zero-order chi connectivity index (χ0) is 11.4. The zero-order valence-corrected chi connectivity index (χ0v) is 9.46. The third kappa shape index (κ3) is 11.3. The largest absolute Gasteiger partial charge is 0.379 e. The Morgan fingerprint density at radius 2 is 1.87 bits per heavy atom. The highest BCUT2D eigenvalue weighted by Gasteiger charge is 1.95. The highest BCUT2D eigenvalue weighted by Crippen LogP contribution is 1.83. The van der Waals surface area contributed by atoms with Gasteiger partial charge in [0.15, 0.2) is 0 Å². The predicted octanol–water partition coefficient (Wildman–Crippen LogP) is -0.105. The molecule has 0 aliphatic heterocycles. The third-order valence-electron chi connectivity index (χ3n) is 1.74. The molecule has 0 heterocycles. The van der Waals surface area contributed by atoms with Gasteiger partial charge >= 0.3 is 0 Å². The Hall–Kier alpha value is -0.650. The number of nitrogens with two attached hydrogens (primary N) is 1. The van der Waals surface area contributed by atoms with Crippen molar-refractivity contribution in [2.75, 3.05) is 39.5 Å². The van der Waals surface area contributed by atoms with Crippen LogP contribution in [0.25, 0.3) is 0 Å². The fourth-order valence-electron chi connectivity index (χ4n) is 0.932. The molecule has 0 bridgehead atoms. The van der Waals surface area contributed by atoms with Crippen LogP contribution in [0.4, 0.5) is 0 Å². The van der Waals surface area contributed by atoms with Gasteiger partial charge in [0.1, 0.15) is 0 Å². The number of hydrogen-bond donors (Lipinski definition) is 2. The summed E-state index contributed by atoms with van der Waals surface area (Å²) in [7, 11) is 0.